The summed E-state index contributed by atoms with van der Waals surface area (Å²) in [7, 11) is 0. The molecule has 0 spiro atoms. The van der Waals surface area contributed by atoms with Gasteiger partial charge in [-0.1, -0.05) is 29.8 Å². The van der Waals surface area contributed by atoms with Crippen molar-refractivity contribution in [2.45, 2.75) is 26.3 Å². The molecule has 1 unspecified atom stereocenters. The Morgan fingerprint density at radius 3 is 2.75 bits per heavy atom. The molecular formula is C14H17NS. The summed E-state index contributed by atoms with van der Waals surface area (Å²) in [5.41, 5.74) is 10.2. The molecule has 84 valence electrons. The predicted octanol–water partition coefficient (Wildman–Crippen LogP) is 3.61. The molecule has 1 aromatic carbocycles. The third-order valence-corrected chi connectivity index (χ3v) is 3.86. The van der Waals surface area contributed by atoms with Gasteiger partial charge in [-0.25, -0.2) is 0 Å². The SMILES string of the molecule is Cc1ccc(C)c(CC(N)c2cccs2)c1. The van der Waals surface area contributed by atoms with Gasteiger partial charge in [-0.2, -0.15) is 0 Å². The van der Waals surface area contributed by atoms with Crippen LogP contribution in [-0.2, 0) is 6.42 Å². The van der Waals surface area contributed by atoms with Crippen molar-refractivity contribution in [2.24, 2.45) is 5.73 Å². The second-order valence-corrected chi connectivity index (χ2v) is 5.24. The topological polar surface area (TPSA) is 26.0 Å². The van der Waals surface area contributed by atoms with Crippen molar-refractivity contribution < 1.29 is 0 Å². The summed E-state index contributed by atoms with van der Waals surface area (Å²) < 4.78 is 0. The Kier molecular flexibility index (Phi) is 3.42. The molecule has 0 bridgehead atoms. The molecule has 1 nitrogen and oxygen atoms in total. The fraction of sp³-hybridized carbons (Fsp3) is 0.286. The van der Waals surface area contributed by atoms with Crippen LogP contribution in [0.1, 0.15) is 27.6 Å². The highest BCUT2D eigenvalue weighted by Gasteiger charge is 2.09. The Bertz CT molecular complexity index is 460. The maximum atomic E-state index is 6.20. The molecule has 0 saturated carbocycles. The second-order valence-electron chi connectivity index (χ2n) is 4.26. The van der Waals surface area contributed by atoms with Crippen molar-refractivity contribution in [3.63, 3.8) is 0 Å². The van der Waals surface area contributed by atoms with E-state index in [0.717, 1.165) is 6.42 Å². The van der Waals surface area contributed by atoms with Gasteiger partial charge in [0.2, 0.25) is 0 Å². The van der Waals surface area contributed by atoms with Gasteiger partial charge in [0, 0.05) is 10.9 Å². The zero-order chi connectivity index (χ0) is 11.5. The number of nitrogens with two attached hydrogens (primary N) is 1. The van der Waals surface area contributed by atoms with Crippen LogP contribution in [-0.4, -0.2) is 0 Å². The van der Waals surface area contributed by atoms with Crippen LogP contribution in [0.2, 0.25) is 0 Å². The summed E-state index contributed by atoms with van der Waals surface area (Å²) in [6.07, 6.45) is 0.925. The van der Waals surface area contributed by atoms with Crippen LogP contribution in [0.5, 0.6) is 0 Å². The Balaban J connectivity index is 2.17. The summed E-state index contributed by atoms with van der Waals surface area (Å²) in [6, 6.07) is 10.9. The maximum Gasteiger partial charge on any atom is 0.0430 e. The summed E-state index contributed by atoms with van der Waals surface area (Å²) in [5.74, 6) is 0. The lowest BCUT2D eigenvalue weighted by Gasteiger charge is -2.12. The number of thiophene rings is 1. The molecule has 1 heterocycles. The Labute approximate surface area is 101 Å². The minimum atomic E-state index is 0.125. The van der Waals surface area contributed by atoms with Gasteiger partial charge < -0.3 is 5.73 Å². The first-order chi connectivity index (χ1) is 7.66. The molecule has 1 aromatic heterocycles. The lowest BCUT2D eigenvalue weighted by Crippen LogP contribution is -2.12. The number of benzene rings is 1. The van der Waals surface area contributed by atoms with E-state index in [4.69, 9.17) is 5.73 Å². The lowest BCUT2D eigenvalue weighted by atomic mass is 9.99. The third-order valence-electron chi connectivity index (χ3n) is 2.85. The summed E-state index contributed by atoms with van der Waals surface area (Å²) >= 11 is 1.74. The van der Waals surface area contributed by atoms with E-state index in [0.29, 0.717) is 0 Å². The second kappa shape index (κ2) is 4.81. The maximum absolute atomic E-state index is 6.20. The highest BCUT2D eigenvalue weighted by Crippen LogP contribution is 2.22. The van der Waals surface area contributed by atoms with Crippen LogP contribution >= 0.6 is 11.3 Å². The summed E-state index contributed by atoms with van der Waals surface area (Å²) in [6.45, 7) is 4.27. The van der Waals surface area contributed by atoms with Gasteiger partial charge in [0.15, 0.2) is 0 Å². The number of aryl methyl sites for hydroxylation is 2. The number of hydrogen-bond donors (Lipinski definition) is 1. The standard InChI is InChI=1S/C14H17NS/c1-10-5-6-11(2)12(8-10)9-13(15)14-4-3-7-16-14/h3-8,13H,9,15H2,1-2H3. The Morgan fingerprint density at radius 2 is 2.06 bits per heavy atom. The normalized spacial score (nSPS) is 12.7. The van der Waals surface area contributed by atoms with Gasteiger partial charge in [0.05, 0.1) is 0 Å². The quantitative estimate of drug-likeness (QED) is 0.858. The zero-order valence-corrected chi connectivity index (χ0v) is 10.6. The van der Waals surface area contributed by atoms with Crippen LogP contribution in [0.4, 0.5) is 0 Å². The molecule has 2 heteroatoms. The smallest absolute Gasteiger partial charge is 0.0430 e. The fourth-order valence-corrected chi connectivity index (χ4v) is 2.59. The Morgan fingerprint density at radius 1 is 1.25 bits per heavy atom. The summed E-state index contributed by atoms with van der Waals surface area (Å²) in [4.78, 5) is 1.26. The van der Waals surface area contributed by atoms with E-state index >= 15 is 0 Å². The highest BCUT2D eigenvalue weighted by molar-refractivity contribution is 7.10. The minimum absolute atomic E-state index is 0.125. The van der Waals surface area contributed by atoms with E-state index in [1.165, 1.54) is 21.6 Å². The molecule has 0 aliphatic carbocycles. The van der Waals surface area contributed by atoms with Crippen LogP contribution < -0.4 is 5.73 Å². The van der Waals surface area contributed by atoms with E-state index in [9.17, 15) is 0 Å². The molecule has 0 fully saturated rings. The molecule has 2 aromatic rings. The van der Waals surface area contributed by atoms with Crippen molar-refractivity contribution in [3.05, 3.63) is 57.3 Å². The average molecular weight is 231 g/mol. The first kappa shape index (κ1) is 11.4. The number of hydrogen-bond acceptors (Lipinski definition) is 2. The highest BCUT2D eigenvalue weighted by atomic mass is 32.1. The van der Waals surface area contributed by atoms with Crippen molar-refractivity contribution in [2.75, 3.05) is 0 Å². The average Bonchev–Trinajstić information content (AvgIpc) is 2.76. The van der Waals surface area contributed by atoms with Crippen LogP contribution in [0, 0.1) is 13.8 Å². The van der Waals surface area contributed by atoms with Crippen molar-refractivity contribution >= 4 is 11.3 Å². The zero-order valence-electron chi connectivity index (χ0n) is 9.73. The van der Waals surface area contributed by atoms with E-state index in [1.807, 2.05) is 0 Å². The fourth-order valence-electron chi connectivity index (χ4n) is 1.86. The van der Waals surface area contributed by atoms with Crippen molar-refractivity contribution in [1.82, 2.24) is 0 Å². The van der Waals surface area contributed by atoms with Gasteiger partial charge in [0.1, 0.15) is 0 Å². The van der Waals surface area contributed by atoms with Gasteiger partial charge in [-0.15, -0.1) is 11.3 Å². The number of rotatable bonds is 3. The largest absolute Gasteiger partial charge is 0.323 e. The minimum Gasteiger partial charge on any atom is -0.323 e. The van der Waals surface area contributed by atoms with E-state index in [1.54, 1.807) is 11.3 Å². The van der Waals surface area contributed by atoms with Gasteiger partial charge >= 0.3 is 0 Å². The predicted molar refractivity (Wildman–Crippen MR) is 70.9 cm³/mol. The molecule has 0 aliphatic heterocycles. The molecule has 0 amide bonds. The van der Waals surface area contributed by atoms with Crippen LogP contribution in [0.15, 0.2) is 35.7 Å². The molecule has 16 heavy (non-hydrogen) atoms. The molecule has 2 rings (SSSR count). The van der Waals surface area contributed by atoms with Crippen LogP contribution in [0.3, 0.4) is 0 Å². The summed E-state index contributed by atoms with van der Waals surface area (Å²) in [5, 5.41) is 2.08. The van der Waals surface area contributed by atoms with E-state index < -0.39 is 0 Å². The van der Waals surface area contributed by atoms with Gasteiger partial charge in [-0.3, -0.25) is 0 Å². The first-order valence-corrected chi connectivity index (χ1v) is 6.40. The van der Waals surface area contributed by atoms with Gasteiger partial charge in [0.25, 0.3) is 0 Å². The molecule has 2 N–H and O–H groups in total. The lowest BCUT2D eigenvalue weighted by molar-refractivity contribution is 0.732. The molecule has 0 radical (unpaired) electrons. The molecule has 0 saturated heterocycles. The molecule has 0 aliphatic rings. The first-order valence-electron chi connectivity index (χ1n) is 5.52. The van der Waals surface area contributed by atoms with Crippen LogP contribution in [0.25, 0.3) is 0 Å². The third kappa shape index (κ3) is 2.52. The van der Waals surface area contributed by atoms with E-state index in [2.05, 4.69) is 49.6 Å². The molecule has 1 atom stereocenters. The Hall–Kier alpha value is -1.12. The van der Waals surface area contributed by atoms with Crippen molar-refractivity contribution in [1.29, 1.82) is 0 Å². The van der Waals surface area contributed by atoms with Crippen molar-refractivity contribution in [3.8, 4) is 0 Å². The monoisotopic (exact) mass is 231 g/mol. The molecular weight excluding hydrogens is 214 g/mol. The van der Waals surface area contributed by atoms with Gasteiger partial charge in [-0.05, 0) is 42.8 Å². The van der Waals surface area contributed by atoms with E-state index in [-0.39, 0.29) is 6.04 Å².